The number of nitrogens with zero attached hydrogens (tertiary/aromatic N) is 2. The zero-order chi connectivity index (χ0) is 6.69. The Bertz CT molecular complexity index is 200. The molecule has 3 heteroatoms. The SMILES string of the molecule is CCc1cc(F)ncn1. The lowest BCUT2D eigenvalue weighted by molar-refractivity contribution is 0.575. The standard InChI is InChI=1S/C6H7FN2/c1-2-5-3-6(7)9-4-8-5/h3-4H,2H2,1H3. The van der Waals surface area contributed by atoms with Crippen molar-refractivity contribution in [3.05, 3.63) is 24.0 Å². The van der Waals surface area contributed by atoms with Gasteiger partial charge in [-0.25, -0.2) is 9.97 Å². The van der Waals surface area contributed by atoms with E-state index in [2.05, 4.69) is 9.97 Å². The second-order valence-electron chi connectivity index (χ2n) is 1.69. The molecule has 0 saturated carbocycles. The zero-order valence-electron chi connectivity index (χ0n) is 5.13. The van der Waals surface area contributed by atoms with E-state index >= 15 is 0 Å². The van der Waals surface area contributed by atoms with E-state index in [4.69, 9.17) is 0 Å². The van der Waals surface area contributed by atoms with Gasteiger partial charge in [-0.1, -0.05) is 6.92 Å². The Hall–Kier alpha value is -0.990. The molecule has 1 aromatic heterocycles. The van der Waals surface area contributed by atoms with Gasteiger partial charge >= 0.3 is 0 Å². The molecule has 0 saturated heterocycles. The molecule has 0 radical (unpaired) electrons. The molecule has 1 heterocycles. The summed E-state index contributed by atoms with van der Waals surface area (Å²) in [7, 11) is 0. The quantitative estimate of drug-likeness (QED) is 0.528. The monoisotopic (exact) mass is 126 g/mol. The van der Waals surface area contributed by atoms with Crippen molar-refractivity contribution in [3.8, 4) is 0 Å². The zero-order valence-corrected chi connectivity index (χ0v) is 5.13. The van der Waals surface area contributed by atoms with Gasteiger partial charge in [-0.2, -0.15) is 4.39 Å². The van der Waals surface area contributed by atoms with Gasteiger partial charge in [-0.3, -0.25) is 0 Å². The highest BCUT2D eigenvalue weighted by Crippen LogP contribution is 1.95. The number of hydrogen-bond acceptors (Lipinski definition) is 2. The van der Waals surface area contributed by atoms with Crippen molar-refractivity contribution in [2.24, 2.45) is 0 Å². The Morgan fingerprint density at radius 2 is 2.33 bits per heavy atom. The minimum Gasteiger partial charge on any atom is -0.241 e. The van der Waals surface area contributed by atoms with Crippen molar-refractivity contribution in [3.63, 3.8) is 0 Å². The highest BCUT2D eigenvalue weighted by atomic mass is 19.1. The number of halogens is 1. The topological polar surface area (TPSA) is 25.8 Å². The maximum Gasteiger partial charge on any atom is 0.216 e. The summed E-state index contributed by atoms with van der Waals surface area (Å²) >= 11 is 0. The van der Waals surface area contributed by atoms with Crippen LogP contribution < -0.4 is 0 Å². The van der Waals surface area contributed by atoms with Crippen molar-refractivity contribution >= 4 is 0 Å². The molecular formula is C6H7FN2. The highest BCUT2D eigenvalue weighted by Gasteiger charge is 1.91. The minimum absolute atomic E-state index is 0.457. The third kappa shape index (κ3) is 1.45. The second kappa shape index (κ2) is 2.53. The van der Waals surface area contributed by atoms with Gasteiger partial charge < -0.3 is 0 Å². The van der Waals surface area contributed by atoms with E-state index < -0.39 is 5.95 Å². The van der Waals surface area contributed by atoms with E-state index in [1.54, 1.807) is 0 Å². The van der Waals surface area contributed by atoms with Gasteiger partial charge in [-0.05, 0) is 6.42 Å². The second-order valence-corrected chi connectivity index (χ2v) is 1.69. The summed E-state index contributed by atoms with van der Waals surface area (Å²) in [5.41, 5.74) is 0.738. The Morgan fingerprint density at radius 3 is 2.78 bits per heavy atom. The maximum atomic E-state index is 12.2. The van der Waals surface area contributed by atoms with Crippen LogP contribution in [0.4, 0.5) is 4.39 Å². The van der Waals surface area contributed by atoms with Gasteiger partial charge in [0.05, 0.1) is 0 Å². The van der Waals surface area contributed by atoms with Crippen molar-refractivity contribution in [2.45, 2.75) is 13.3 Å². The number of aryl methyl sites for hydroxylation is 1. The van der Waals surface area contributed by atoms with E-state index in [1.807, 2.05) is 6.92 Å². The molecule has 1 rings (SSSR count). The fourth-order valence-corrected chi connectivity index (χ4v) is 0.564. The van der Waals surface area contributed by atoms with Crippen molar-refractivity contribution in [1.29, 1.82) is 0 Å². The average molecular weight is 126 g/mol. The third-order valence-corrected chi connectivity index (χ3v) is 1.05. The van der Waals surface area contributed by atoms with Crippen LogP contribution in [-0.4, -0.2) is 9.97 Å². The van der Waals surface area contributed by atoms with Crippen molar-refractivity contribution < 1.29 is 4.39 Å². The average Bonchev–Trinajstić information content (AvgIpc) is 1.88. The Kier molecular flexibility index (Phi) is 1.72. The Morgan fingerprint density at radius 1 is 1.56 bits per heavy atom. The van der Waals surface area contributed by atoms with Gasteiger partial charge in [0.1, 0.15) is 6.33 Å². The molecule has 2 nitrogen and oxygen atoms in total. The predicted molar refractivity (Wildman–Crippen MR) is 31.4 cm³/mol. The normalized spacial score (nSPS) is 9.56. The molecule has 0 aromatic carbocycles. The molecule has 48 valence electrons. The van der Waals surface area contributed by atoms with E-state index in [0.29, 0.717) is 0 Å². The van der Waals surface area contributed by atoms with Crippen LogP contribution in [0.25, 0.3) is 0 Å². The fraction of sp³-hybridized carbons (Fsp3) is 0.333. The van der Waals surface area contributed by atoms with E-state index in [1.165, 1.54) is 12.4 Å². The van der Waals surface area contributed by atoms with Crippen LogP contribution >= 0.6 is 0 Å². The molecule has 0 fully saturated rings. The Labute approximate surface area is 52.8 Å². The summed E-state index contributed by atoms with van der Waals surface area (Å²) in [6.45, 7) is 1.92. The first-order valence-electron chi connectivity index (χ1n) is 2.79. The molecule has 0 atom stereocenters. The number of rotatable bonds is 1. The number of aromatic nitrogens is 2. The molecule has 1 aromatic rings. The van der Waals surface area contributed by atoms with E-state index in [-0.39, 0.29) is 0 Å². The van der Waals surface area contributed by atoms with Crippen LogP contribution in [0.2, 0.25) is 0 Å². The molecule has 0 amide bonds. The summed E-state index contributed by atoms with van der Waals surface area (Å²) in [5.74, 6) is -0.457. The van der Waals surface area contributed by atoms with Crippen LogP contribution in [0, 0.1) is 5.95 Å². The Balaban J connectivity index is 2.94. The van der Waals surface area contributed by atoms with Crippen molar-refractivity contribution in [1.82, 2.24) is 9.97 Å². The first-order chi connectivity index (χ1) is 4.33. The minimum atomic E-state index is -0.457. The molecule has 0 spiro atoms. The van der Waals surface area contributed by atoms with Crippen LogP contribution in [0.1, 0.15) is 12.6 Å². The summed E-state index contributed by atoms with van der Waals surface area (Å²) < 4.78 is 12.2. The van der Waals surface area contributed by atoms with E-state index in [9.17, 15) is 4.39 Å². The van der Waals surface area contributed by atoms with E-state index in [0.717, 1.165) is 12.1 Å². The van der Waals surface area contributed by atoms with Gasteiger partial charge in [0.15, 0.2) is 0 Å². The highest BCUT2D eigenvalue weighted by molar-refractivity contribution is 4.98. The summed E-state index contributed by atoms with van der Waals surface area (Å²) in [6.07, 6.45) is 1.98. The smallest absolute Gasteiger partial charge is 0.216 e. The molecule has 0 N–H and O–H groups in total. The summed E-state index contributed by atoms with van der Waals surface area (Å²) in [6, 6.07) is 1.33. The van der Waals surface area contributed by atoms with Gasteiger partial charge in [0, 0.05) is 11.8 Å². The van der Waals surface area contributed by atoms with Gasteiger partial charge in [0.2, 0.25) is 5.95 Å². The number of hydrogen-bond donors (Lipinski definition) is 0. The maximum absolute atomic E-state index is 12.2. The fourth-order valence-electron chi connectivity index (χ4n) is 0.564. The lowest BCUT2D eigenvalue weighted by Crippen LogP contribution is -1.89. The predicted octanol–water partition coefficient (Wildman–Crippen LogP) is 1.18. The molecule has 0 aliphatic carbocycles. The lowest BCUT2D eigenvalue weighted by atomic mass is 10.3. The summed E-state index contributed by atoms with van der Waals surface area (Å²) in [4.78, 5) is 7.12. The third-order valence-electron chi connectivity index (χ3n) is 1.05. The van der Waals surface area contributed by atoms with Crippen LogP contribution in [-0.2, 0) is 6.42 Å². The molecule has 9 heavy (non-hydrogen) atoms. The molecular weight excluding hydrogens is 119 g/mol. The van der Waals surface area contributed by atoms with Crippen LogP contribution in [0.5, 0.6) is 0 Å². The molecule has 0 aliphatic rings. The van der Waals surface area contributed by atoms with Crippen LogP contribution in [0.15, 0.2) is 12.4 Å². The first-order valence-corrected chi connectivity index (χ1v) is 2.79. The lowest BCUT2D eigenvalue weighted by Gasteiger charge is -1.90. The van der Waals surface area contributed by atoms with Crippen LogP contribution in [0.3, 0.4) is 0 Å². The van der Waals surface area contributed by atoms with Gasteiger partial charge in [0.25, 0.3) is 0 Å². The van der Waals surface area contributed by atoms with Gasteiger partial charge in [-0.15, -0.1) is 0 Å². The molecule has 0 bridgehead atoms. The first kappa shape index (κ1) is 6.13. The molecule has 0 unspecified atom stereocenters. The summed E-state index contributed by atoms with van der Waals surface area (Å²) in [5, 5.41) is 0. The van der Waals surface area contributed by atoms with Crippen molar-refractivity contribution in [2.75, 3.05) is 0 Å². The largest absolute Gasteiger partial charge is 0.241 e. The molecule has 0 aliphatic heterocycles.